The zero-order chi connectivity index (χ0) is 15.9. The number of aliphatic hydroxyl groups is 1. The molecule has 1 aromatic rings. The second-order valence-electron chi connectivity index (χ2n) is 4.87. The van der Waals surface area contributed by atoms with Crippen molar-refractivity contribution in [2.45, 2.75) is 26.2 Å². The number of pyridine rings is 1. The molecule has 1 atom stereocenters. The minimum absolute atomic E-state index is 0.0885. The minimum atomic E-state index is -1.12. The van der Waals surface area contributed by atoms with Crippen molar-refractivity contribution in [3.05, 3.63) is 35.7 Å². The van der Waals surface area contributed by atoms with Gasteiger partial charge in [-0.25, -0.2) is 9.37 Å². The Bertz CT molecular complexity index is 575. The summed E-state index contributed by atoms with van der Waals surface area (Å²) in [6, 6.07) is 3.46. The van der Waals surface area contributed by atoms with Gasteiger partial charge >= 0.3 is 0 Å². The van der Waals surface area contributed by atoms with E-state index in [1.54, 1.807) is 25.1 Å². The molecule has 120 valence electrons. The minimum Gasteiger partial charge on any atom is -0.382 e. The van der Waals surface area contributed by atoms with E-state index < -0.39 is 6.41 Å². The first-order valence-electron chi connectivity index (χ1n) is 7.19. The van der Waals surface area contributed by atoms with Crippen molar-refractivity contribution < 1.29 is 14.2 Å². The molecule has 5 N–H and O–H groups in total. The lowest BCUT2D eigenvalue weighted by Crippen LogP contribution is -2.23. The molecule has 1 aromatic heterocycles. The number of ether oxygens (including phenoxy) is 1. The summed E-state index contributed by atoms with van der Waals surface area (Å²) in [4.78, 5) is 4.21. The van der Waals surface area contributed by atoms with E-state index in [-0.39, 0.29) is 11.6 Å². The first-order valence-corrected chi connectivity index (χ1v) is 7.19. The van der Waals surface area contributed by atoms with Gasteiger partial charge < -0.3 is 26.2 Å². The first kappa shape index (κ1) is 16.3. The molecule has 0 saturated heterocycles. The summed E-state index contributed by atoms with van der Waals surface area (Å²) in [5.74, 6) is 0.784. The van der Waals surface area contributed by atoms with Crippen LogP contribution in [0.5, 0.6) is 0 Å². The van der Waals surface area contributed by atoms with Crippen molar-refractivity contribution >= 4 is 17.3 Å². The molecule has 0 radical (unpaired) electrons. The third-order valence-electron chi connectivity index (χ3n) is 3.21. The summed E-state index contributed by atoms with van der Waals surface area (Å²) in [5.41, 5.74) is 7.44. The fraction of sp³-hybridized carbons (Fsp3) is 0.400. The highest BCUT2D eigenvalue weighted by molar-refractivity contribution is 5.64. The number of halogens is 1. The molecule has 0 amide bonds. The lowest BCUT2D eigenvalue weighted by atomic mass is 10.0. The van der Waals surface area contributed by atoms with Crippen LogP contribution in [0.3, 0.4) is 0 Å². The number of nitrogens with zero attached hydrogens (tertiary/aromatic N) is 1. The van der Waals surface area contributed by atoms with Crippen LogP contribution in [0, 0.1) is 0 Å². The highest BCUT2D eigenvalue weighted by Crippen LogP contribution is 2.21. The third kappa shape index (κ3) is 4.71. The number of nitrogens with two attached hydrogens (primary N) is 1. The van der Waals surface area contributed by atoms with Gasteiger partial charge in [0.05, 0.1) is 5.69 Å². The first-order chi connectivity index (χ1) is 10.6. The van der Waals surface area contributed by atoms with Gasteiger partial charge in [0, 0.05) is 19.6 Å². The van der Waals surface area contributed by atoms with Crippen LogP contribution in [-0.4, -0.2) is 29.7 Å². The van der Waals surface area contributed by atoms with Crippen LogP contribution in [0.4, 0.5) is 21.7 Å². The number of anilines is 3. The Hall–Kier alpha value is -2.12. The van der Waals surface area contributed by atoms with Gasteiger partial charge in [-0.15, -0.1) is 0 Å². The Morgan fingerprint density at radius 3 is 2.86 bits per heavy atom. The highest BCUT2D eigenvalue weighted by atomic mass is 19.1. The SMILES string of the molecule is CCOC(O)Nc1ccc(NCC2=CC=C(F)CC2)nc1N. The molecule has 22 heavy (non-hydrogen) atoms. The van der Waals surface area contributed by atoms with Crippen molar-refractivity contribution in [2.24, 2.45) is 0 Å². The molecular weight excluding hydrogens is 287 g/mol. The Labute approximate surface area is 128 Å². The van der Waals surface area contributed by atoms with Gasteiger partial charge in [0.1, 0.15) is 17.5 Å². The Balaban J connectivity index is 1.92. The van der Waals surface area contributed by atoms with Crippen LogP contribution in [-0.2, 0) is 4.74 Å². The summed E-state index contributed by atoms with van der Waals surface area (Å²) in [5, 5.41) is 15.4. The summed E-state index contributed by atoms with van der Waals surface area (Å²) < 4.78 is 17.9. The largest absolute Gasteiger partial charge is 0.382 e. The monoisotopic (exact) mass is 308 g/mol. The molecule has 0 spiro atoms. The summed E-state index contributed by atoms with van der Waals surface area (Å²) >= 11 is 0. The molecule has 0 bridgehead atoms. The van der Waals surface area contributed by atoms with Gasteiger partial charge in [-0.2, -0.15) is 0 Å². The predicted molar refractivity (Wildman–Crippen MR) is 84.9 cm³/mol. The number of nitrogens with one attached hydrogen (secondary N) is 2. The van der Waals surface area contributed by atoms with Crippen LogP contribution in [0.25, 0.3) is 0 Å². The summed E-state index contributed by atoms with van der Waals surface area (Å²) in [6.07, 6.45) is 3.29. The van der Waals surface area contributed by atoms with Crippen LogP contribution in [0.15, 0.2) is 35.7 Å². The van der Waals surface area contributed by atoms with E-state index in [1.807, 2.05) is 0 Å². The molecule has 0 fully saturated rings. The predicted octanol–water partition coefficient (Wildman–Crippen LogP) is 2.37. The van der Waals surface area contributed by atoms with Gasteiger partial charge in [-0.1, -0.05) is 11.6 Å². The zero-order valence-electron chi connectivity index (χ0n) is 12.5. The van der Waals surface area contributed by atoms with Gasteiger partial charge in [0.2, 0.25) is 6.41 Å². The van der Waals surface area contributed by atoms with Gasteiger partial charge in [-0.05, 0) is 31.6 Å². The van der Waals surface area contributed by atoms with E-state index >= 15 is 0 Å². The number of nitrogen functional groups attached to an aromatic ring is 1. The molecule has 1 heterocycles. The number of hydrogen-bond acceptors (Lipinski definition) is 6. The van der Waals surface area contributed by atoms with Crippen LogP contribution in [0.2, 0.25) is 0 Å². The maximum Gasteiger partial charge on any atom is 0.235 e. The Morgan fingerprint density at radius 1 is 1.41 bits per heavy atom. The fourth-order valence-corrected chi connectivity index (χ4v) is 2.03. The van der Waals surface area contributed by atoms with Crippen LogP contribution in [0.1, 0.15) is 19.8 Å². The van der Waals surface area contributed by atoms with E-state index in [2.05, 4.69) is 15.6 Å². The lowest BCUT2D eigenvalue weighted by Gasteiger charge is -2.16. The average Bonchev–Trinajstić information content (AvgIpc) is 2.49. The smallest absolute Gasteiger partial charge is 0.235 e. The molecule has 1 aliphatic rings. The van der Waals surface area contributed by atoms with Crippen molar-refractivity contribution in [3.63, 3.8) is 0 Å². The van der Waals surface area contributed by atoms with Gasteiger partial charge in [-0.3, -0.25) is 0 Å². The lowest BCUT2D eigenvalue weighted by molar-refractivity contribution is -0.0730. The van der Waals surface area contributed by atoms with E-state index in [0.29, 0.717) is 37.5 Å². The molecule has 1 unspecified atom stereocenters. The molecule has 7 heteroatoms. The number of aliphatic hydroxyl groups excluding tert-OH is 1. The van der Waals surface area contributed by atoms with E-state index in [0.717, 1.165) is 5.57 Å². The van der Waals surface area contributed by atoms with Crippen LogP contribution < -0.4 is 16.4 Å². The van der Waals surface area contributed by atoms with Crippen molar-refractivity contribution in [1.29, 1.82) is 0 Å². The number of aromatic nitrogens is 1. The second-order valence-corrected chi connectivity index (χ2v) is 4.87. The second kappa shape index (κ2) is 7.77. The third-order valence-corrected chi connectivity index (χ3v) is 3.21. The van der Waals surface area contributed by atoms with Gasteiger partial charge in [0.15, 0.2) is 0 Å². The highest BCUT2D eigenvalue weighted by Gasteiger charge is 2.09. The normalized spacial score (nSPS) is 15.8. The molecule has 6 nitrogen and oxygen atoms in total. The Morgan fingerprint density at radius 2 is 2.23 bits per heavy atom. The van der Waals surface area contributed by atoms with E-state index in [1.165, 1.54) is 6.08 Å². The van der Waals surface area contributed by atoms with E-state index in [9.17, 15) is 9.50 Å². The van der Waals surface area contributed by atoms with Crippen molar-refractivity contribution in [2.75, 3.05) is 29.5 Å². The Kier molecular flexibility index (Phi) is 5.74. The molecule has 0 aromatic carbocycles. The summed E-state index contributed by atoms with van der Waals surface area (Å²) in [6.45, 7) is 2.75. The summed E-state index contributed by atoms with van der Waals surface area (Å²) in [7, 11) is 0. The number of rotatable bonds is 7. The van der Waals surface area contributed by atoms with Crippen molar-refractivity contribution in [3.8, 4) is 0 Å². The molecule has 0 saturated carbocycles. The van der Waals surface area contributed by atoms with Crippen molar-refractivity contribution in [1.82, 2.24) is 4.98 Å². The topological polar surface area (TPSA) is 92.4 Å². The maximum atomic E-state index is 12.9. The maximum absolute atomic E-state index is 12.9. The van der Waals surface area contributed by atoms with Gasteiger partial charge in [0.25, 0.3) is 0 Å². The quantitative estimate of drug-likeness (QED) is 0.578. The molecule has 0 aliphatic heterocycles. The standard InChI is InChI=1S/C15H21FN4O2/c1-2-22-15(21)19-12-7-8-13(20-14(12)17)18-9-10-3-5-11(16)6-4-10/h3,5,7-8,15,19,21H,2,4,6,9H2,1H3,(H3,17,18,20). The fourth-order valence-electron chi connectivity index (χ4n) is 2.03. The molecular formula is C15H21FN4O2. The average molecular weight is 308 g/mol. The molecule has 2 rings (SSSR count). The zero-order valence-corrected chi connectivity index (χ0v) is 12.5. The van der Waals surface area contributed by atoms with Crippen LogP contribution >= 0.6 is 0 Å². The molecule has 1 aliphatic carbocycles. The van der Waals surface area contributed by atoms with E-state index in [4.69, 9.17) is 10.5 Å². The number of hydrogen-bond donors (Lipinski definition) is 4. The number of allylic oxidation sites excluding steroid dienone is 3.